The number of para-hydroxylation sites is 1. The summed E-state index contributed by atoms with van der Waals surface area (Å²) in [6.45, 7) is 2.22. The molecule has 2 aromatic heterocycles. The lowest BCUT2D eigenvalue weighted by molar-refractivity contribution is 0.0696. The van der Waals surface area contributed by atoms with Gasteiger partial charge in [-0.15, -0.1) is 0 Å². The number of H-pyrrole nitrogens is 1. The third-order valence-electron chi connectivity index (χ3n) is 6.91. The van der Waals surface area contributed by atoms with Gasteiger partial charge in [-0.3, -0.25) is 9.69 Å². The van der Waals surface area contributed by atoms with Crippen molar-refractivity contribution in [2.45, 2.75) is 6.04 Å². The number of fused-ring (bicyclic) bond motifs is 1. The molecule has 1 atom stereocenters. The molecule has 0 radical (unpaired) electrons. The number of aromatic nitrogens is 2. The summed E-state index contributed by atoms with van der Waals surface area (Å²) in [7, 11) is 5.58. The molecule has 36 heavy (non-hydrogen) atoms. The summed E-state index contributed by atoms with van der Waals surface area (Å²) < 4.78 is 0. The highest BCUT2D eigenvalue weighted by Gasteiger charge is 2.28. The van der Waals surface area contributed by atoms with Gasteiger partial charge in [0.25, 0.3) is 5.91 Å². The van der Waals surface area contributed by atoms with E-state index < -0.39 is 5.97 Å². The number of benzene rings is 2. The van der Waals surface area contributed by atoms with E-state index in [4.69, 9.17) is 4.98 Å². The van der Waals surface area contributed by atoms with E-state index in [-0.39, 0.29) is 11.9 Å². The lowest BCUT2D eigenvalue weighted by atomic mass is 9.99. The number of piperazine rings is 1. The molecule has 8 heteroatoms. The van der Waals surface area contributed by atoms with Crippen LogP contribution in [0.15, 0.2) is 67.0 Å². The van der Waals surface area contributed by atoms with Crippen LogP contribution in [0, 0.1) is 0 Å². The highest BCUT2D eigenvalue weighted by atomic mass is 16.4. The second kappa shape index (κ2) is 9.47. The quantitative estimate of drug-likeness (QED) is 0.444. The van der Waals surface area contributed by atoms with Crippen LogP contribution in [0.5, 0.6) is 0 Å². The Bertz CT molecular complexity index is 1430. The van der Waals surface area contributed by atoms with E-state index in [9.17, 15) is 14.7 Å². The first-order chi connectivity index (χ1) is 17.3. The second-order valence-corrected chi connectivity index (χ2v) is 9.41. The number of carboxylic acids is 1. The Morgan fingerprint density at radius 1 is 1.08 bits per heavy atom. The fraction of sp³-hybridized carbons (Fsp3) is 0.250. The summed E-state index contributed by atoms with van der Waals surface area (Å²) in [6, 6.07) is 17.0. The van der Waals surface area contributed by atoms with E-state index in [1.54, 1.807) is 31.1 Å². The second-order valence-electron chi connectivity index (χ2n) is 9.41. The van der Waals surface area contributed by atoms with Crippen LogP contribution in [0.1, 0.15) is 32.3 Å². The molecule has 0 aliphatic carbocycles. The predicted octanol–water partition coefficient (Wildman–Crippen LogP) is 4.12. The highest BCUT2D eigenvalue weighted by Crippen LogP contribution is 2.33. The van der Waals surface area contributed by atoms with Gasteiger partial charge in [-0.05, 0) is 48.5 Å². The third kappa shape index (κ3) is 4.31. The summed E-state index contributed by atoms with van der Waals surface area (Å²) in [5, 5.41) is 10.7. The zero-order valence-corrected chi connectivity index (χ0v) is 20.6. The van der Waals surface area contributed by atoms with Crippen LogP contribution in [-0.4, -0.2) is 77.5 Å². The molecule has 4 aromatic rings. The van der Waals surface area contributed by atoms with Gasteiger partial charge in [0, 0.05) is 62.6 Å². The number of carbonyl (C=O) groups is 2. The number of carboxylic acid groups (broad SMARTS) is 1. The molecule has 3 heterocycles. The molecule has 1 amide bonds. The van der Waals surface area contributed by atoms with Crippen molar-refractivity contribution in [2.24, 2.45) is 0 Å². The predicted molar refractivity (Wildman–Crippen MR) is 141 cm³/mol. The van der Waals surface area contributed by atoms with Crippen LogP contribution in [0.2, 0.25) is 0 Å². The number of hydrogen-bond acceptors (Lipinski definition) is 5. The number of aromatic amines is 1. The van der Waals surface area contributed by atoms with Gasteiger partial charge in [-0.25, -0.2) is 9.78 Å². The third-order valence-corrected chi connectivity index (χ3v) is 6.91. The number of amides is 1. The molecule has 8 nitrogen and oxygen atoms in total. The first-order valence-electron chi connectivity index (χ1n) is 11.9. The van der Waals surface area contributed by atoms with Crippen molar-refractivity contribution in [3.05, 3.63) is 83.7 Å². The van der Waals surface area contributed by atoms with Gasteiger partial charge in [-0.2, -0.15) is 0 Å². The van der Waals surface area contributed by atoms with Gasteiger partial charge in [-0.1, -0.05) is 24.3 Å². The Morgan fingerprint density at radius 3 is 2.56 bits per heavy atom. The molecule has 0 spiro atoms. The SMILES string of the molecule is CN(C)C(=O)c1ccc(-c2c[nH]c3ncc(C4CN(c5ccccc5C(=O)O)CCN4C)cc23)cc1. The Kier molecular flexibility index (Phi) is 6.20. The highest BCUT2D eigenvalue weighted by molar-refractivity contribution is 5.97. The molecule has 1 unspecified atom stereocenters. The molecule has 5 rings (SSSR count). The number of nitrogens with one attached hydrogen (secondary N) is 1. The number of hydrogen-bond donors (Lipinski definition) is 2. The number of nitrogens with zero attached hydrogens (tertiary/aromatic N) is 4. The summed E-state index contributed by atoms with van der Waals surface area (Å²) in [5.41, 5.74) is 5.61. The minimum Gasteiger partial charge on any atom is -0.478 e. The van der Waals surface area contributed by atoms with Crippen molar-refractivity contribution in [1.29, 1.82) is 0 Å². The van der Waals surface area contributed by atoms with Crippen LogP contribution in [0.4, 0.5) is 5.69 Å². The zero-order valence-electron chi connectivity index (χ0n) is 20.6. The number of anilines is 1. The fourth-order valence-electron chi connectivity index (χ4n) is 4.87. The normalized spacial score (nSPS) is 16.3. The molecule has 0 bridgehead atoms. The molecular formula is C28H29N5O3. The molecule has 184 valence electrons. The van der Waals surface area contributed by atoms with Gasteiger partial charge in [0.05, 0.1) is 17.3 Å². The van der Waals surface area contributed by atoms with Crippen LogP contribution >= 0.6 is 0 Å². The Balaban J connectivity index is 1.47. The lowest BCUT2D eigenvalue weighted by Crippen LogP contribution is -2.47. The van der Waals surface area contributed by atoms with Crippen molar-refractivity contribution < 1.29 is 14.7 Å². The van der Waals surface area contributed by atoms with E-state index in [1.807, 2.05) is 48.8 Å². The number of aromatic carboxylic acids is 1. The molecule has 1 saturated heterocycles. The number of carbonyl (C=O) groups excluding carboxylic acids is 1. The Labute approximate surface area is 209 Å². The van der Waals surface area contributed by atoms with E-state index in [0.29, 0.717) is 17.7 Å². The van der Waals surface area contributed by atoms with Crippen molar-refractivity contribution >= 4 is 28.6 Å². The average Bonchev–Trinajstić information content (AvgIpc) is 3.32. The summed E-state index contributed by atoms with van der Waals surface area (Å²) in [5.74, 6) is -0.946. The summed E-state index contributed by atoms with van der Waals surface area (Å²) in [4.78, 5) is 38.0. The zero-order chi connectivity index (χ0) is 25.4. The van der Waals surface area contributed by atoms with E-state index >= 15 is 0 Å². The topological polar surface area (TPSA) is 92.8 Å². The maximum atomic E-state index is 12.3. The molecule has 1 aliphatic rings. The summed E-state index contributed by atoms with van der Waals surface area (Å²) >= 11 is 0. The Morgan fingerprint density at radius 2 is 1.83 bits per heavy atom. The molecular weight excluding hydrogens is 454 g/mol. The maximum absolute atomic E-state index is 12.3. The minimum absolute atomic E-state index is 0.0289. The first kappa shape index (κ1) is 23.6. The van der Waals surface area contributed by atoms with Crippen molar-refractivity contribution in [3.63, 3.8) is 0 Å². The molecule has 1 aliphatic heterocycles. The monoisotopic (exact) mass is 483 g/mol. The molecule has 2 aromatic carbocycles. The van der Waals surface area contributed by atoms with Crippen LogP contribution in [-0.2, 0) is 0 Å². The molecule has 2 N–H and O–H groups in total. The first-order valence-corrected chi connectivity index (χ1v) is 11.9. The van der Waals surface area contributed by atoms with Gasteiger partial charge < -0.3 is 19.9 Å². The number of pyridine rings is 1. The van der Waals surface area contributed by atoms with Crippen molar-refractivity contribution in [3.8, 4) is 11.1 Å². The fourth-order valence-corrected chi connectivity index (χ4v) is 4.87. The van der Waals surface area contributed by atoms with Crippen molar-refractivity contribution in [1.82, 2.24) is 19.8 Å². The molecule has 0 saturated carbocycles. The van der Waals surface area contributed by atoms with Crippen LogP contribution in [0.3, 0.4) is 0 Å². The summed E-state index contributed by atoms with van der Waals surface area (Å²) in [6.07, 6.45) is 3.85. The maximum Gasteiger partial charge on any atom is 0.337 e. The minimum atomic E-state index is -0.917. The number of likely N-dealkylation sites (N-methyl/N-ethyl adjacent to an activating group) is 1. The lowest BCUT2D eigenvalue weighted by Gasteiger charge is -2.41. The van der Waals surface area contributed by atoms with E-state index in [2.05, 4.69) is 27.9 Å². The van der Waals surface area contributed by atoms with Gasteiger partial charge in [0.15, 0.2) is 0 Å². The smallest absolute Gasteiger partial charge is 0.337 e. The number of rotatable bonds is 5. The van der Waals surface area contributed by atoms with E-state index in [1.165, 1.54) is 0 Å². The average molecular weight is 484 g/mol. The van der Waals surface area contributed by atoms with Gasteiger partial charge in [0.2, 0.25) is 0 Å². The molecule has 1 fully saturated rings. The van der Waals surface area contributed by atoms with Gasteiger partial charge >= 0.3 is 5.97 Å². The van der Waals surface area contributed by atoms with Gasteiger partial charge in [0.1, 0.15) is 5.65 Å². The van der Waals surface area contributed by atoms with Crippen molar-refractivity contribution in [2.75, 3.05) is 45.7 Å². The van der Waals surface area contributed by atoms with Crippen LogP contribution < -0.4 is 4.90 Å². The Hall–Kier alpha value is -4.17. The van der Waals surface area contributed by atoms with E-state index in [0.717, 1.165) is 46.5 Å². The largest absolute Gasteiger partial charge is 0.478 e. The van der Waals surface area contributed by atoms with Crippen LogP contribution in [0.25, 0.3) is 22.2 Å². The standard InChI is InChI=1S/C28H29N5O3/c1-31(2)27(34)19-10-8-18(9-11-19)23-16-30-26-22(23)14-20(15-29-26)25-17-33(13-12-32(25)3)24-7-5-4-6-21(24)28(35)36/h4-11,14-16,25H,12-13,17H2,1-3H3,(H,29,30)(H,35,36).